The van der Waals surface area contributed by atoms with Crippen molar-refractivity contribution in [2.75, 3.05) is 27.3 Å². The van der Waals surface area contributed by atoms with Crippen molar-refractivity contribution < 1.29 is 19.5 Å². The van der Waals surface area contributed by atoms with Gasteiger partial charge >= 0.3 is 0 Å². The molecular formula is C21H29N4O3S+. The molecule has 0 bridgehead atoms. The molecule has 3 heterocycles. The molecule has 156 valence electrons. The molecule has 29 heavy (non-hydrogen) atoms. The van der Waals surface area contributed by atoms with E-state index < -0.39 is 0 Å². The van der Waals surface area contributed by atoms with Crippen LogP contribution in [0.15, 0.2) is 18.2 Å². The van der Waals surface area contributed by atoms with Crippen LogP contribution in [-0.2, 0) is 0 Å². The number of quaternary nitrogens is 1. The third-order valence-electron chi connectivity index (χ3n) is 5.75. The lowest BCUT2D eigenvalue weighted by molar-refractivity contribution is -0.936. The summed E-state index contributed by atoms with van der Waals surface area (Å²) in [7, 11) is 3.35. The highest BCUT2D eigenvalue weighted by molar-refractivity contribution is 7.17. The molecule has 4 atom stereocenters. The summed E-state index contributed by atoms with van der Waals surface area (Å²) in [4.78, 5) is 7.45. The van der Waals surface area contributed by atoms with Crippen molar-refractivity contribution in [3.05, 3.63) is 34.5 Å². The van der Waals surface area contributed by atoms with Crippen molar-refractivity contribution in [1.82, 2.24) is 14.6 Å². The van der Waals surface area contributed by atoms with Crippen LogP contribution in [0.4, 0.5) is 0 Å². The zero-order valence-electron chi connectivity index (χ0n) is 17.6. The molecule has 1 unspecified atom stereocenters. The van der Waals surface area contributed by atoms with Crippen LogP contribution in [0.1, 0.15) is 42.6 Å². The number of benzene rings is 1. The second-order valence-electron chi connectivity index (χ2n) is 8.20. The number of hydrogen-bond acceptors (Lipinski definition) is 6. The van der Waals surface area contributed by atoms with Gasteiger partial charge in [0.2, 0.25) is 10.8 Å². The number of nitrogens with zero attached hydrogens (tertiary/aromatic N) is 3. The topological polar surface area (TPSA) is 73.3 Å². The molecule has 7 nitrogen and oxygen atoms in total. The van der Waals surface area contributed by atoms with Crippen molar-refractivity contribution in [1.29, 1.82) is 0 Å². The van der Waals surface area contributed by atoms with Gasteiger partial charge in [-0.25, -0.2) is 4.98 Å². The van der Waals surface area contributed by atoms with Gasteiger partial charge in [0.1, 0.15) is 22.2 Å². The largest absolute Gasteiger partial charge is 0.497 e. The lowest BCUT2D eigenvalue weighted by atomic mass is 9.89. The molecular weight excluding hydrogens is 388 g/mol. The minimum absolute atomic E-state index is 0.0842. The Hall–Kier alpha value is -2.32. The van der Waals surface area contributed by atoms with Gasteiger partial charge in [0, 0.05) is 11.8 Å². The van der Waals surface area contributed by atoms with E-state index in [0.717, 1.165) is 35.0 Å². The summed E-state index contributed by atoms with van der Waals surface area (Å²) in [6.45, 7) is 8.51. The Balaban J connectivity index is 1.90. The maximum absolute atomic E-state index is 11.1. The van der Waals surface area contributed by atoms with Gasteiger partial charge in [0.15, 0.2) is 6.04 Å². The molecule has 0 spiro atoms. The molecule has 1 aliphatic heterocycles. The van der Waals surface area contributed by atoms with E-state index in [-0.39, 0.29) is 11.9 Å². The molecule has 1 fully saturated rings. The molecule has 8 heteroatoms. The van der Waals surface area contributed by atoms with Crippen LogP contribution in [0.25, 0.3) is 4.96 Å². The Kier molecular flexibility index (Phi) is 5.40. The summed E-state index contributed by atoms with van der Waals surface area (Å²) >= 11 is 1.50. The first-order chi connectivity index (χ1) is 13.9. The summed E-state index contributed by atoms with van der Waals surface area (Å²) in [6, 6.07) is 5.79. The predicted molar refractivity (Wildman–Crippen MR) is 112 cm³/mol. The monoisotopic (exact) mass is 417 g/mol. The second kappa shape index (κ2) is 7.84. The van der Waals surface area contributed by atoms with E-state index >= 15 is 0 Å². The Bertz CT molecular complexity index is 1000. The van der Waals surface area contributed by atoms with Crippen LogP contribution >= 0.6 is 11.3 Å². The summed E-state index contributed by atoms with van der Waals surface area (Å²) in [6.07, 6.45) is 1.23. The van der Waals surface area contributed by atoms with Crippen LogP contribution in [0.3, 0.4) is 0 Å². The average molecular weight is 418 g/mol. The van der Waals surface area contributed by atoms with Gasteiger partial charge in [-0.3, -0.25) is 0 Å². The number of nitrogens with one attached hydrogen (secondary N) is 1. The van der Waals surface area contributed by atoms with E-state index in [1.54, 1.807) is 18.7 Å². The summed E-state index contributed by atoms with van der Waals surface area (Å²) in [5, 5.41) is 15.4. The molecule has 3 aromatic rings. The normalized spacial score (nSPS) is 23.3. The van der Waals surface area contributed by atoms with E-state index in [4.69, 9.17) is 9.47 Å². The number of aryl methyl sites for hydroxylation is 1. The van der Waals surface area contributed by atoms with Crippen molar-refractivity contribution in [3.8, 4) is 17.4 Å². The summed E-state index contributed by atoms with van der Waals surface area (Å²) < 4.78 is 12.8. The van der Waals surface area contributed by atoms with Gasteiger partial charge in [-0.15, -0.1) is 5.10 Å². The number of ether oxygens (including phenoxy) is 2. The summed E-state index contributed by atoms with van der Waals surface area (Å²) in [5.74, 6) is 3.61. The Labute approximate surface area is 174 Å². The van der Waals surface area contributed by atoms with Crippen molar-refractivity contribution in [2.45, 2.75) is 33.2 Å². The first-order valence-corrected chi connectivity index (χ1v) is 10.8. The smallest absolute Gasteiger partial charge is 0.235 e. The number of aromatic hydroxyl groups is 1. The van der Waals surface area contributed by atoms with Gasteiger partial charge < -0.3 is 19.5 Å². The van der Waals surface area contributed by atoms with Crippen LogP contribution < -0.4 is 14.4 Å². The van der Waals surface area contributed by atoms with Gasteiger partial charge in [-0.1, -0.05) is 25.2 Å². The number of methoxy groups -OCH3 is 2. The number of rotatable bonds is 5. The Morgan fingerprint density at radius 2 is 1.93 bits per heavy atom. The minimum Gasteiger partial charge on any atom is -0.497 e. The van der Waals surface area contributed by atoms with E-state index in [2.05, 4.69) is 23.9 Å². The highest BCUT2D eigenvalue weighted by atomic mass is 32.1. The van der Waals surface area contributed by atoms with Crippen molar-refractivity contribution in [2.24, 2.45) is 11.8 Å². The van der Waals surface area contributed by atoms with E-state index in [1.807, 2.05) is 25.1 Å². The Morgan fingerprint density at radius 3 is 2.55 bits per heavy atom. The molecule has 0 amide bonds. The van der Waals surface area contributed by atoms with Gasteiger partial charge in [0.25, 0.3) is 0 Å². The maximum Gasteiger partial charge on any atom is 0.235 e. The molecule has 1 aromatic carbocycles. The standard InChI is InChI=1S/C21H28N4O3S/c1-12-8-13(2)11-24(10-12)18(16-9-15(27-4)6-7-17(16)28-5)19-20(26)25-21(29-19)22-14(3)23-25/h6-7,9,12-13,18,26H,8,10-11H2,1-5H3/p+1/t12-,13+,18-/m1/s1. The molecule has 1 saturated heterocycles. The van der Waals surface area contributed by atoms with Gasteiger partial charge in [0.05, 0.1) is 32.9 Å². The van der Waals surface area contributed by atoms with Gasteiger partial charge in [-0.05, 0) is 31.5 Å². The third-order valence-corrected chi connectivity index (χ3v) is 6.83. The molecule has 0 saturated carbocycles. The maximum atomic E-state index is 11.1. The zero-order valence-corrected chi connectivity index (χ0v) is 18.4. The number of thiazole rings is 1. The van der Waals surface area contributed by atoms with Crippen molar-refractivity contribution >= 4 is 16.3 Å². The summed E-state index contributed by atoms with van der Waals surface area (Å²) in [5.41, 5.74) is 1.01. The van der Waals surface area contributed by atoms with Crippen LogP contribution in [0.5, 0.6) is 17.4 Å². The molecule has 0 radical (unpaired) electrons. The molecule has 2 N–H and O–H groups in total. The van der Waals surface area contributed by atoms with Crippen LogP contribution in [0, 0.1) is 18.8 Å². The number of fused-ring (bicyclic) bond motifs is 1. The lowest BCUT2D eigenvalue weighted by Gasteiger charge is -2.37. The number of likely N-dealkylation sites (tertiary alicyclic amines) is 1. The first-order valence-electron chi connectivity index (χ1n) is 10.0. The quantitative estimate of drug-likeness (QED) is 0.667. The lowest BCUT2D eigenvalue weighted by Crippen LogP contribution is -3.14. The fourth-order valence-electron chi connectivity index (χ4n) is 4.72. The molecule has 2 aromatic heterocycles. The molecule has 1 aliphatic rings. The number of hydrogen-bond donors (Lipinski definition) is 2. The van der Waals surface area contributed by atoms with E-state index in [0.29, 0.717) is 22.6 Å². The first kappa shape index (κ1) is 20.0. The Morgan fingerprint density at radius 1 is 1.21 bits per heavy atom. The van der Waals surface area contributed by atoms with E-state index in [9.17, 15) is 5.11 Å². The van der Waals surface area contributed by atoms with E-state index in [1.165, 1.54) is 22.7 Å². The average Bonchev–Trinajstić information content (AvgIpc) is 3.18. The highest BCUT2D eigenvalue weighted by Gasteiger charge is 2.38. The molecule has 0 aliphatic carbocycles. The predicted octanol–water partition coefficient (Wildman–Crippen LogP) is 2.47. The second-order valence-corrected chi connectivity index (χ2v) is 9.21. The third kappa shape index (κ3) is 3.67. The highest BCUT2D eigenvalue weighted by Crippen LogP contribution is 2.39. The number of aromatic nitrogens is 3. The minimum atomic E-state index is -0.0842. The molecule has 4 rings (SSSR count). The number of piperidine rings is 1. The zero-order chi connectivity index (χ0) is 20.7. The fraction of sp³-hybridized carbons (Fsp3) is 0.524. The van der Waals surface area contributed by atoms with Crippen LogP contribution in [0.2, 0.25) is 0 Å². The fourth-order valence-corrected chi connectivity index (χ4v) is 5.89. The SMILES string of the molecule is COc1ccc(OC)c([C@H](c2sc3nc(C)nn3c2O)[NH+]2C[C@H](C)C[C@H](C)C2)c1. The van der Waals surface area contributed by atoms with Crippen LogP contribution in [-0.4, -0.2) is 47.0 Å². The van der Waals surface area contributed by atoms with Crippen molar-refractivity contribution in [3.63, 3.8) is 0 Å². The van der Waals surface area contributed by atoms with Gasteiger partial charge in [-0.2, -0.15) is 4.52 Å².